The van der Waals surface area contributed by atoms with E-state index in [1.165, 1.54) is 12.1 Å². The summed E-state index contributed by atoms with van der Waals surface area (Å²) < 4.78 is 38.1. The second-order valence-corrected chi connectivity index (χ2v) is 8.16. The van der Waals surface area contributed by atoms with Gasteiger partial charge in [-0.15, -0.1) is 0 Å². The Bertz CT molecular complexity index is 1190. The number of carboxylic acid groups (broad SMARTS) is 1. The number of hydrogen-bond donors (Lipinski definition) is 1. The molecule has 0 unspecified atom stereocenters. The minimum absolute atomic E-state index is 0.0654. The molecule has 34 heavy (non-hydrogen) atoms. The van der Waals surface area contributed by atoms with Crippen molar-refractivity contribution in [2.45, 2.75) is 32.4 Å². The van der Waals surface area contributed by atoms with Gasteiger partial charge in [-0.1, -0.05) is 36.4 Å². The lowest BCUT2D eigenvalue weighted by molar-refractivity contribution is -0.138. The van der Waals surface area contributed by atoms with Gasteiger partial charge in [0.25, 0.3) is 0 Å². The molecule has 0 aliphatic carbocycles. The Morgan fingerprint density at radius 1 is 0.912 bits per heavy atom. The molecule has 1 N–H and O–H groups in total. The van der Waals surface area contributed by atoms with Crippen molar-refractivity contribution >= 4 is 17.6 Å². The summed E-state index contributed by atoms with van der Waals surface area (Å²) in [6, 6.07) is 11.4. The van der Waals surface area contributed by atoms with Gasteiger partial charge >= 0.3 is 12.1 Å². The maximum atomic E-state index is 12.7. The summed E-state index contributed by atoms with van der Waals surface area (Å²) in [6.07, 6.45) is -4.12. The van der Waals surface area contributed by atoms with Gasteiger partial charge in [0.05, 0.1) is 12.0 Å². The fourth-order valence-corrected chi connectivity index (χ4v) is 3.53. The van der Waals surface area contributed by atoms with Crippen molar-refractivity contribution in [2.75, 3.05) is 19.0 Å². The third kappa shape index (κ3) is 6.18. The number of aryl methyl sites for hydroxylation is 1. The molecule has 0 amide bonds. The molecule has 0 radical (unpaired) electrons. The number of ketones is 1. The van der Waals surface area contributed by atoms with Crippen LogP contribution in [0.4, 0.5) is 19.0 Å². The highest BCUT2D eigenvalue weighted by Crippen LogP contribution is 2.29. The molecule has 6 nitrogen and oxygen atoms in total. The van der Waals surface area contributed by atoms with E-state index < -0.39 is 17.7 Å². The van der Waals surface area contributed by atoms with Gasteiger partial charge in [-0.2, -0.15) is 13.2 Å². The fourth-order valence-electron chi connectivity index (χ4n) is 3.53. The van der Waals surface area contributed by atoms with E-state index in [9.17, 15) is 22.8 Å². The predicted octanol–water partition coefficient (Wildman–Crippen LogP) is 4.51. The first kappa shape index (κ1) is 24.9. The van der Waals surface area contributed by atoms with E-state index in [1.807, 2.05) is 12.1 Å². The Morgan fingerprint density at radius 2 is 1.50 bits per heavy atom. The zero-order valence-corrected chi connectivity index (χ0v) is 19.0. The number of nitrogens with zero attached hydrogens (tertiary/aromatic N) is 3. The summed E-state index contributed by atoms with van der Waals surface area (Å²) in [5.41, 5.74) is 2.24. The number of aliphatic carboxylic acids is 1. The molecule has 0 atom stereocenters. The highest BCUT2D eigenvalue weighted by Gasteiger charge is 2.30. The molecule has 3 aromatic rings. The van der Waals surface area contributed by atoms with E-state index in [0.29, 0.717) is 29.3 Å². The number of rotatable bonds is 8. The molecule has 0 spiro atoms. The van der Waals surface area contributed by atoms with Crippen LogP contribution < -0.4 is 4.90 Å². The zero-order valence-electron chi connectivity index (χ0n) is 19.0. The Balaban J connectivity index is 1.71. The Hall–Kier alpha value is -3.75. The molecule has 2 aromatic carbocycles. The molecule has 0 saturated carbocycles. The third-order valence-electron chi connectivity index (χ3n) is 5.27. The van der Waals surface area contributed by atoms with Crippen LogP contribution in [0.1, 0.15) is 44.1 Å². The van der Waals surface area contributed by atoms with Gasteiger partial charge in [-0.05, 0) is 30.2 Å². The minimum Gasteiger partial charge on any atom is -0.481 e. The van der Waals surface area contributed by atoms with Gasteiger partial charge < -0.3 is 10.0 Å². The molecule has 0 saturated heterocycles. The first-order valence-electron chi connectivity index (χ1n) is 10.5. The molecule has 1 heterocycles. The van der Waals surface area contributed by atoms with Crippen LogP contribution >= 0.6 is 0 Å². The molecule has 0 bridgehead atoms. The molecule has 0 aliphatic rings. The molecular formula is C25H24F3N3O3. The van der Waals surface area contributed by atoms with Gasteiger partial charge in [0, 0.05) is 43.8 Å². The van der Waals surface area contributed by atoms with E-state index >= 15 is 0 Å². The van der Waals surface area contributed by atoms with Crippen LogP contribution in [0, 0.1) is 6.92 Å². The Morgan fingerprint density at radius 3 is 2.03 bits per heavy atom. The summed E-state index contributed by atoms with van der Waals surface area (Å²) in [5.74, 6) is -0.123. The number of alkyl halides is 3. The van der Waals surface area contributed by atoms with E-state index in [2.05, 4.69) is 9.97 Å². The van der Waals surface area contributed by atoms with Crippen LogP contribution in [-0.4, -0.2) is 40.9 Å². The van der Waals surface area contributed by atoms with E-state index in [-0.39, 0.29) is 24.2 Å². The van der Waals surface area contributed by atoms with Crippen LogP contribution in [0.5, 0.6) is 0 Å². The Kier molecular flexibility index (Phi) is 7.34. The van der Waals surface area contributed by atoms with Crippen molar-refractivity contribution in [1.82, 2.24) is 9.97 Å². The topological polar surface area (TPSA) is 83.4 Å². The average molecular weight is 471 g/mol. The van der Waals surface area contributed by atoms with Crippen LogP contribution in [-0.2, 0) is 30.2 Å². The van der Waals surface area contributed by atoms with E-state index in [4.69, 9.17) is 5.11 Å². The molecule has 1 aromatic heterocycles. The summed E-state index contributed by atoms with van der Waals surface area (Å²) in [5, 5.41) is 9.16. The molecule has 178 valence electrons. The number of hydrogen-bond acceptors (Lipinski definition) is 5. The molecule has 9 heteroatoms. The highest BCUT2D eigenvalue weighted by molar-refractivity contribution is 5.97. The van der Waals surface area contributed by atoms with Crippen molar-refractivity contribution in [3.05, 3.63) is 87.9 Å². The third-order valence-corrected chi connectivity index (χ3v) is 5.27. The van der Waals surface area contributed by atoms with Gasteiger partial charge in [0.2, 0.25) is 0 Å². The molecular weight excluding hydrogens is 447 g/mol. The first-order chi connectivity index (χ1) is 15.9. The van der Waals surface area contributed by atoms with Crippen LogP contribution in [0.3, 0.4) is 0 Å². The van der Waals surface area contributed by atoms with Crippen LogP contribution in [0.2, 0.25) is 0 Å². The second kappa shape index (κ2) is 10.0. The number of anilines is 1. The maximum Gasteiger partial charge on any atom is 0.416 e. The van der Waals surface area contributed by atoms with Crippen molar-refractivity contribution in [3.8, 4) is 0 Å². The number of aromatic nitrogens is 2. The summed E-state index contributed by atoms with van der Waals surface area (Å²) in [7, 11) is 3.58. The highest BCUT2D eigenvalue weighted by atomic mass is 19.4. The Labute approximate surface area is 195 Å². The second-order valence-electron chi connectivity index (χ2n) is 8.16. The van der Waals surface area contributed by atoms with Crippen LogP contribution in [0.25, 0.3) is 0 Å². The number of halogens is 3. The van der Waals surface area contributed by atoms with Gasteiger partial charge in [-0.25, -0.2) is 9.97 Å². The standard InChI is InChI=1S/C25H24F3N3O3/c1-15-20(14-23(33)34)24(31(2)3)30-22(29-15)13-17-6-4-16(5-7-17)12-21(32)18-8-10-19(11-9-18)25(26,27)28/h4-11H,12-14H2,1-3H3,(H,33,34). The largest absolute Gasteiger partial charge is 0.481 e. The molecule has 0 aliphatic heterocycles. The lowest BCUT2D eigenvalue weighted by Gasteiger charge is -2.18. The van der Waals surface area contributed by atoms with E-state index in [0.717, 1.165) is 23.3 Å². The quantitative estimate of drug-likeness (QED) is 0.487. The average Bonchev–Trinajstić information content (AvgIpc) is 2.76. The van der Waals surface area contributed by atoms with Crippen molar-refractivity contribution in [1.29, 1.82) is 0 Å². The molecule has 0 fully saturated rings. The zero-order chi connectivity index (χ0) is 25.0. The smallest absolute Gasteiger partial charge is 0.416 e. The number of carbonyl (C=O) groups excluding carboxylic acids is 1. The van der Waals surface area contributed by atoms with Crippen molar-refractivity contribution in [2.24, 2.45) is 0 Å². The van der Waals surface area contributed by atoms with Gasteiger partial charge in [0.15, 0.2) is 5.78 Å². The van der Waals surface area contributed by atoms with Crippen molar-refractivity contribution < 1.29 is 27.9 Å². The normalized spacial score (nSPS) is 11.4. The predicted molar refractivity (Wildman–Crippen MR) is 121 cm³/mol. The summed E-state index contributed by atoms with van der Waals surface area (Å²) >= 11 is 0. The lowest BCUT2D eigenvalue weighted by atomic mass is 10.00. The number of carbonyl (C=O) groups is 2. The van der Waals surface area contributed by atoms with Gasteiger partial charge in [-0.3, -0.25) is 9.59 Å². The lowest BCUT2D eigenvalue weighted by Crippen LogP contribution is -2.18. The van der Waals surface area contributed by atoms with E-state index in [1.54, 1.807) is 38.1 Å². The maximum absolute atomic E-state index is 12.7. The van der Waals surface area contributed by atoms with Gasteiger partial charge in [0.1, 0.15) is 11.6 Å². The van der Waals surface area contributed by atoms with Crippen molar-refractivity contribution in [3.63, 3.8) is 0 Å². The fraction of sp³-hybridized carbons (Fsp3) is 0.280. The minimum atomic E-state index is -4.44. The summed E-state index contributed by atoms with van der Waals surface area (Å²) in [6.45, 7) is 1.76. The van der Waals surface area contributed by atoms with Crippen LogP contribution in [0.15, 0.2) is 48.5 Å². The monoisotopic (exact) mass is 471 g/mol. The number of benzene rings is 2. The summed E-state index contributed by atoms with van der Waals surface area (Å²) in [4.78, 5) is 34.4. The first-order valence-corrected chi connectivity index (χ1v) is 10.5. The SMILES string of the molecule is Cc1nc(Cc2ccc(CC(=O)c3ccc(C(F)(F)F)cc3)cc2)nc(N(C)C)c1CC(=O)O. The number of Topliss-reactive ketones (excluding diaryl/α,β-unsaturated/α-hetero) is 1. The number of carboxylic acids is 1. The molecule has 3 rings (SSSR count).